The predicted molar refractivity (Wildman–Crippen MR) is 97.7 cm³/mol. The van der Waals surface area contributed by atoms with Gasteiger partial charge in [-0.3, -0.25) is 9.59 Å². The highest BCUT2D eigenvalue weighted by atomic mass is 16.5. The summed E-state index contributed by atoms with van der Waals surface area (Å²) in [5.74, 6) is 0.560. The first kappa shape index (κ1) is 22.9. The Morgan fingerprint density at radius 2 is 0.875 bits per heavy atom. The Bertz CT molecular complexity index is 316. The maximum absolute atomic E-state index is 11.6. The van der Waals surface area contributed by atoms with Crippen molar-refractivity contribution in [2.24, 2.45) is 11.8 Å². The van der Waals surface area contributed by atoms with Crippen molar-refractivity contribution >= 4 is 11.9 Å². The van der Waals surface area contributed by atoms with Crippen LogP contribution in [0.5, 0.6) is 0 Å². The van der Waals surface area contributed by atoms with Crippen LogP contribution >= 0.6 is 0 Å². The van der Waals surface area contributed by atoms with Crippen molar-refractivity contribution in [2.75, 3.05) is 0 Å². The maximum Gasteiger partial charge on any atom is 0.306 e. The molecule has 0 saturated carbocycles. The van der Waals surface area contributed by atoms with E-state index in [1.54, 1.807) is 0 Å². The van der Waals surface area contributed by atoms with E-state index in [2.05, 4.69) is 27.7 Å². The molecule has 0 rings (SSSR count). The SMILES string of the molecule is CC(C)C(C)OC(=O)CCCCCCCCC(=O)OC(C)C(C)C. The largest absolute Gasteiger partial charge is 0.462 e. The molecule has 0 saturated heterocycles. The average Bonchev–Trinajstić information content (AvgIpc) is 2.49. The van der Waals surface area contributed by atoms with E-state index >= 15 is 0 Å². The number of hydrogen-bond donors (Lipinski definition) is 0. The molecule has 0 fully saturated rings. The van der Waals surface area contributed by atoms with Crippen LogP contribution in [-0.2, 0) is 19.1 Å². The molecule has 0 aromatic heterocycles. The van der Waals surface area contributed by atoms with Crippen LogP contribution in [0.1, 0.15) is 92.9 Å². The first-order valence-electron chi connectivity index (χ1n) is 9.63. The van der Waals surface area contributed by atoms with Crippen molar-refractivity contribution < 1.29 is 19.1 Å². The van der Waals surface area contributed by atoms with Crippen molar-refractivity contribution in [3.8, 4) is 0 Å². The zero-order valence-corrected chi connectivity index (χ0v) is 16.6. The summed E-state index contributed by atoms with van der Waals surface area (Å²) in [6, 6.07) is 0. The highest BCUT2D eigenvalue weighted by Crippen LogP contribution is 2.12. The van der Waals surface area contributed by atoms with Crippen LogP contribution in [0, 0.1) is 11.8 Å². The quantitative estimate of drug-likeness (QED) is 0.337. The van der Waals surface area contributed by atoms with Gasteiger partial charge < -0.3 is 9.47 Å². The van der Waals surface area contributed by atoms with Gasteiger partial charge in [0.25, 0.3) is 0 Å². The number of carbonyl (C=O) groups is 2. The lowest BCUT2D eigenvalue weighted by atomic mass is 10.1. The second-order valence-corrected chi connectivity index (χ2v) is 7.50. The molecule has 0 aromatic carbocycles. The first-order valence-corrected chi connectivity index (χ1v) is 9.63. The fourth-order valence-electron chi connectivity index (χ4n) is 2.05. The molecule has 0 aliphatic heterocycles. The third-order valence-electron chi connectivity index (χ3n) is 4.52. The third-order valence-corrected chi connectivity index (χ3v) is 4.52. The molecule has 4 heteroatoms. The smallest absolute Gasteiger partial charge is 0.306 e. The molecular weight excluding hydrogens is 304 g/mol. The summed E-state index contributed by atoms with van der Waals surface area (Å²) in [7, 11) is 0. The van der Waals surface area contributed by atoms with E-state index < -0.39 is 0 Å². The maximum atomic E-state index is 11.6. The average molecular weight is 343 g/mol. The van der Waals surface area contributed by atoms with Gasteiger partial charge >= 0.3 is 11.9 Å². The number of rotatable bonds is 13. The fraction of sp³-hybridized carbons (Fsp3) is 0.900. The molecule has 0 N–H and O–H groups in total. The minimum Gasteiger partial charge on any atom is -0.462 e. The number of ether oxygens (including phenoxy) is 2. The molecule has 24 heavy (non-hydrogen) atoms. The van der Waals surface area contributed by atoms with Gasteiger partial charge in [-0.25, -0.2) is 0 Å². The number of carbonyl (C=O) groups excluding carboxylic acids is 2. The third kappa shape index (κ3) is 12.4. The van der Waals surface area contributed by atoms with Gasteiger partial charge in [0.1, 0.15) is 12.2 Å². The van der Waals surface area contributed by atoms with E-state index in [1.807, 2.05) is 13.8 Å². The standard InChI is InChI=1S/C20H38O4/c1-15(2)17(5)23-19(21)13-11-9-7-8-10-12-14-20(22)24-18(6)16(3)4/h15-18H,7-14H2,1-6H3. The molecule has 0 heterocycles. The van der Waals surface area contributed by atoms with Crippen LogP contribution in [0.4, 0.5) is 0 Å². The van der Waals surface area contributed by atoms with Crippen LogP contribution in [0.15, 0.2) is 0 Å². The van der Waals surface area contributed by atoms with E-state index in [-0.39, 0.29) is 24.1 Å². The van der Waals surface area contributed by atoms with Gasteiger partial charge in [-0.15, -0.1) is 0 Å². The Balaban J connectivity index is 3.48. The summed E-state index contributed by atoms with van der Waals surface area (Å²) >= 11 is 0. The van der Waals surface area contributed by atoms with E-state index in [4.69, 9.17) is 9.47 Å². The Labute approximate surface area is 148 Å². The van der Waals surface area contributed by atoms with Gasteiger partial charge in [-0.05, 0) is 38.5 Å². The van der Waals surface area contributed by atoms with Crippen LogP contribution in [0.2, 0.25) is 0 Å². The molecule has 2 atom stereocenters. The zero-order chi connectivity index (χ0) is 18.5. The summed E-state index contributed by atoms with van der Waals surface area (Å²) in [5.41, 5.74) is 0. The molecule has 0 amide bonds. The van der Waals surface area contributed by atoms with Crippen molar-refractivity contribution in [2.45, 2.75) is 105 Å². The number of hydrogen-bond acceptors (Lipinski definition) is 4. The van der Waals surface area contributed by atoms with Gasteiger partial charge in [0.2, 0.25) is 0 Å². The fourth-order valence-corrected chi connectivity index (χ4v) is 2.05. The van der Waals surface area contributed by atoms with Gasteiger partial charge in [-0.1, -0.05) is 53.4 Å². The number of esters is 2. The van der Waals surface area contributed by atoms with E-state index in [0.717, 1.165) is 38.5 Å². The summed E-state index contributed by atoms with van der Waals surface area (Å²) in [5, 5.41) is 0. The molecule has 0 spiro atoms. The van der Waals surface area contributed by atoms with Crippen LogP contribution < -0.4 is 0 Å². The molecule has 0 aliphatic carbocycles. The van der Waals surface area contributed by atoms with Gasteiger partial charge in [0, 0.05) is 12.8 Å². The van der Waals surface area contributed by atoms with E-state index in [1.165, 1.54) is 0 Å². The van der Waals surface area contributed by atoms with Gasteiger partial charge in [0.15, 0.2) is 0 Å². The molecule has 142 valence electrons. The highest BCUT2D eigenvalue weighted by Gasteiger charge is 2.13. The summed E-state index contributed by atoms with van der Waals surface area (Å²) in [6.07, 6.45) is 7.07. The monoisotopic (exact) mass is 342 g/mol. The van der Waals surface area contributed by atoms with E-state index in [9.17, 15) is 9.59 Å². The molecular formula is C20H38O4. The molecule has 0 bridgehead atoms. The Morgan fingerprint density at radius 1 is 0.583 bits per heavy atom. The van der Waals surface area contributed by atoms with E-state index in [0.29, 0.717) is 24.7 Å². The summed E-state index contributed by atoms with van der Waals surface area (Å²) in [4.78, 5) is 23.3. The Kier molecular flexibility index (Phi) is 12.7. The minimum atomic E-state index is -0.0850. The lowest BCUT2D eigenvalue weighted by molar-refractivity contribution is -0.151. The topological polar surface area (TPSA) is 52.6 Å². The minimum absolute atomic E-state index is 0.00401. The first-order chi connectivity index (χ1) is 11.2. The predicted octanol–water partition coefficient (Wildman–Crippen LogP) is 5.28. The second-order valence-electron chi connectivity index (χ2n) is 7.50. The van der Waals surface area contributed by atoms with Gasteiger partial charge in [-0.2, -0.15) is 0 Å². The van der Waals surface area contributed by atoms with Crippen molar-refractivity contribution in [3.63, 3.8) is 0 Å². The normalized spacial score (nSPS) is 13.8. The van der Waals surface area contributed by atoms with Gasteiger partial charge in [0.05, 0.1) is 0 Å². The van der Waals surface area contributed by atoms with Crippen LogP contribution in [0.25, 0.3) is 0 Å². The van der Waals surface area contributed by atoms with Crippen LogP contribution in [-0.4, -0.2) is 24.1 Å². The van der Waals surface area contributed by atoms with Crippen molar-refractivity contribution in [1.29, 1.82) is 0 Å². The van der Waals surface area contributed by atoms with Crippen LogP contribution in [0.3, 0.4) is 0 Å². The van der Waals surface area contributed by atoms with Crippen molar-refractivity contribution in [1.82, 2.24) is 0 Å². The van der Waals surface area contributed by atoms with Crippen molar-refractivity contribution in [3.05, 3.63) is 0 Å². The lowest BCUT2D eigenvalue weighted by Crippen LogP contribution is -2.20. The zero-order valence-electron chi connectivity index (χ0n) is 16.6. The molecule has 0 radical (unpaired) electrons. The Hall–Kier alpha value is -1.06. The molecule has 2 unspecified atom stereocenters. The Morgan fingerprint density at radius 3 is 1.17 bits per heavy atom. The number of unbranched alkanes of at least 4 members (excludes halogenated alkanes) is 5. The lowest BCUT2D eigenvalue weighted by Gasteiger charge is -2.16. The highest BCUT2D eigenvalue weighted by molar-refractivity contribution is 5.69. The summed E-state index contributed by atoms with van der Waals surface area (Å²) in [6.45, 7) is 12.1. The summed E-state index contributed by atoms with van der Waals surface area (Å²) < 4.78 is 10.7. The second kappa shape index (κ2) is 13.3. The molecule has 0 aromatic rings. The molecule has 0 aliphatic rings. The molecule has 4 nitrogen and oxygen atoms in total.